The van der Waals surface area contributed by atoms with E-state index in [1.165, 1.54) is 6.07 Å². The van der Waals surface area contributed by atoms with Crippen molar-refractivity contribution in [2.75, 3.05) is 13.2 Å². The zero-order chi connectivity index (χ0) is 19.4. The summed E-state index contributed by atoms with van der Waals surface area (Å²) in [5.41, 5.74) is 0.462. The van der Waals surface area contributed by atoms with Crippen molar-refractivity contribution in [3.8, 4) is 5.75 Å². The van der Waals surface area contributed by atoms with Crippen LogP contribution in [-0.4, -0.2) is 26.1 Å². The minimum absolute atomic E-state index is 0.0433. The third-order valence-electron chi connectivity index (χ3n) is 5.57. The Bertz CT molecular complexity index is 613. The van der Waals surface area contributed by atoms with Gasteiger partial charge in [0.15, 0.2) is 17.9 Å². The van der Waals surface area contributed by atoms with Crippen LogP contribution in [0.3, 0.4) is 0 Å². The van der Waals surface area contributed by atoms with Gasteiger partial charge in [0.1, 0.15) is 0 Å². The third-order valence-corrected chi connectivity index (χ3v) is 5.87. The maximum absolute atomic E-state index is 14.2. The normalized spacial score (nSPS) is 29.1. The van der Waals surface area contributed by atoms with Gasteiger partial charge in [-0.1, -0.05) is 31.0 Å². The summed E-state index contributed by atoms with van der Waals surface area (Å²) >= 11 is 5.73. The number of hydrogen-bond donors (Lipinski definition) is 0. The number of hydrogen-bond acceptors (Lipinski definition) is 3. The first-order valence-electron chi connectivity index (χ1n) is 9.65. The van der Waals surface area contributed by atoms with Gasteiger partial charge >= 0.3 is 6.61 Å². The van der Waals surface area contributed by atoms with Gasteiger partial charge in [-0.2, -0.15) is 8.78 Å². The molecule has 0 atom stereocenters. The Labute approximate surface area is 163 Å². The molecule has 0 radical (unpaired) electrons. The maximum atomic E-state index is 14.2. The van der Waals surface area contributed by atoms with E-state index in [1.54, 1.807) is 6.07 Å². The Kier molecular flexibility index (Phi) is 7.29. The lowest BCUT2D eigenvalue weighted by Crippen LogP contribution is -2.38. The molecular weight excluding hydrogens is 381 g/mol. The Morgan fingerprint density at radius 3 is 2.41 bits per heavy atom. The molecule has 2 fully saturated rings. The third kappa shape index (κ3) is 5.09. The summed E-state index contributed by atoms with van der Waals surface area (Å²) in [5, 5.41) is -0.214. The first-order chi connectivity index (χ1) is 13.0. The number of halogens is 4. The van der Waals surface area contributed by atoms with Crippen molar-refractivity contribution in [3.63, 3.8) is 0 Å². The molecule has 152 valence electrons. The summed E-state index contributed by atoms with van der Waals surface area (Å²) in [5.74, 6) is -0.640. The summed E-state index contributed by atoms with van der Waals surface area (Å²) in [6.07, 6.45) is 5.19. The minimum Gasteiger partial charge on any atom is -0.431 e. The Hall–Kier alpha value is -0.980. The highest BCUT2D eigenvalue weighted by molar-refractivity contribution is 6.30. The summed E-state index contributed by atoms with van der Waals surface area (Å²) in [6.45, 7) is 0.521. The van der Waals surface area contributed by atoms with Crippen LogP contribution in [-0.2, 0) is 9.47 Å². The van der Waals surface area contributed by atoms with E-state index < -0.39 is 18.2 Å². The standard InChI is InChI=1S/C20H26ClF3O3/c1-2-3-12-10-25-19(26-11-12)14-6-4-13(5-7-14)15-8-9-16(21)17(22)18(15)27-20(23)24/h8-9,12-14,19-20H,2-7,10-11H2,1H3. The lowest BCUT2D eigenvalue weighted by atomic mass is 9.78. The first-order valence-corrected chi connectivity index (χ1v) is 10.0. The molecule has 1 aliphatic heterocycles. The topological polar surface area (TPSA) is 27.7 Å². The molecule has 2 aliphatic rings. The van der Waals surface area contributed by atoms with Crippen LogP contribution in [0.4, 0.5) is 13.2 Å². The Morgan fingerprint density at radius 2 is 1.81 bits per heavy atom. The molecule has 0 aromatic heterocycles. The van der Waals surface area contributed by atoms with E-state index in [9.17, 15) is 13.2 Å². The average molecular weight is 407 g/mol. The van der Waals surface area contributed by atoms with Crippen molar-refractivity contribution < 1.29 is 27.4 Å². The average Bonchev–Trinajstić information content (AvgIpc) is 2.67. The second kappa shape index (κ2) is 9.48. The van der Waals surface area contributed by atoms with Crippen LogP contribution >= 0.6 is 11.6 Å². The highest BCUT2D eigenvalue weighted by atomic mass is 35.5. The molecule has 1 saturated heterocycles. The molecule has 0 bridgehead atoms. The van der Waals surface area contributed by atoms with Crippen molar-refractivity contribution >= 4 is 11.6 Å². The van der Waals surface area contributed by atoms with Gasteiger partial charge in [0, 0.05) is 17.4 Å². The molecule has 1 aliphatic carbocycles. The van der Waals surface area contributed by atoms with Gasteiger partial charge in [-0.05, 0) is 44.1 Å². The van der Waals surface area contributed by atoms with Crippen LogP contribution in [0.25, 0.3) is 0 Å². The summed E-state index contributed by atoms with van der Waals surface area (Å²) in [4.78, 5) is 0. The number of alkyl halides is 2. The van der Waals surface area contributed by atoms with Crippen LogP contribution < -0.4 is 4.74 Å². The van der Waals surface area contributed by atoms with Gasteiger partial charge in [-0.15, -0.1) is 0 Å². The SMILES string of the molecule is CCCC1COC(C2CCC(c3ccc(Cl)c(F)c3OC(F)F)CC2)OC1. The van der Waals surface area contributed by atoms with E-state index >= 15 is 0 Å². The van der Waals surface area contributed by atoms with Crippen molar-refractivity contribution in [1.82, 2.24) is 0 Å². The van der Waals surface area contributed by atoms with Crippen LogP contribution in [0.2, 0.25) is 5.02 Å². The molecule has 27 heavy (non-hydrogen) atoms. The predicted octanol–water partition coefficient (Wildman–Crippen LogP) is 6.14. The maximum Gasteiger partial charge on any atom is 0.387 e. The van der Waals surface area contributed by atoms with Crippen molar-refractivity contribution in [3.05, 3.63) is 28.5 Å². The van der Waals surface area contributed by atoms with Crippen LogP contribution in [0, 0.1) is 17.7 Å². The number of ether oxygens (including phenoxy) is 3. The van der Waals surface area contributed by atoms with E-state index in [1.807, 2.05) is 0 Å². The lowest BCUT2D eigenvalue weighted by molar-refractivity contribution is -0.229. The van der Waals surface area contributed by atoms with Gasteiger partial charge in [0.05, 0.1) is 18.2 Å². The molecule has 1 heterocycles. The second-order valence-electron chi connectivity index (χ2n) is 7.46. The van der Waals surface area contributed by atoms with Crippen LogP contribution in [0.5, 0.6) is 5.75 Å². The monoisotopic (exact) mass is 406 g/mol. The Morgan fingerprint density at radius 1 is 1.15 bits per heavy atom. The smallest absolute Gasteiger partial charge is 0.387 e. The van der Waals surface area contributed by atoms with E-state index in [0.717, 1.165) is 51.7 Å². The fourth-order valence-electron chi connectivity index (χ4n) is 4.18. The zero-order valence-electron chi connectivity index (χ0n) is 15.4. The second-order valence-corrected chi connectivity index (χ2v) is 7.87. The van der Waals surface area contributed by atoms with Gasteiger partial charge in [0.2, 0.25) is 0 Å². The van der Waals surface area contributed by atoms with E-state index in [4.69, 9.17) is 21.1 Å². The fraction of sp³-hybridized carbons (Fsp3) is 0.700. The van der Waals surface area contributed by atoms with E-state index in [2.05, 4.69) is 11.7 Å². The fourth-order valence-corrected chi connectivity index (χ4v) is 4.33. The molecule has 1 aromatic carbocycles. The largest absolute Gasteiger partial charge is 0.431 e. The highest BCUT2D eigenvalue weighted by Gasteiger charge is 2.34. The molecule has 0 unspecified atom stereocenters. The number of benzene rings is 1. The predicted molar refractivity (Wildman–Crippen MR) is 96.8 cm³/mol. The van der Waals surface area contributed by atoms with Gasteiger partial charge in [-0.3, -0.25) is 0 Å². The van der Waals surface area contributed by atoms with Crippen molar-refractivity contribution in [2.45, 2.75) is 64.3 Å². The van der Waals surface area contributed by atoms with Gasteiger partial charge < -0.3 is 14.2 Å². The quantitative estimate of drug-likeness (QED) is 0.567. The molecule has 0 N–H and O–H groups in total. The molecule has 3 nitrogen and oxygen atoms in total. The van der Waals surface area contributed by atoms with Crippen molar-refractivity contribution in [1.29, 1.82) is 0 Å². The zero-order valence-corrected chi connectivity index (χ0v) is 16.2. The van der Waals surface area contributed by atoms with E-state index in [-0.39, 0.29) is 23.1 Å². The molecule has 0 amide bonds. The van der Waals surface area contributed by atoms with Crippen LogP contribution in [0.1, 0.15) is 56.9 Å². The minimum atomic E-state index is -3.09. The van der Waals surface area contributed by atoms with Crippen LogP contribution in [0.15, 0.2) is 12.1 Å². The van der Waals surface area contributed by atoms with Gasteiger partial charge in [-0.25, -0.2) is 4.39 Å². The highest BCUT2D eigenvalue weighted by Crippen LogP contribution is 2.44. The molecule has 0 spiro atoms. The molecule has 3 rings (SSSR count). The molecule has 1 saturated carbocycles. The van der Waals surface area contributed by atoms with E-state index in [0.29, 0.717) is 11.5 Å². The Balaban J connectivity index is 1.60. The summed E-state index contributed by atoms with van der Waals surface area (Å²) in [7, 11) is 0. The summed E-state index contributed by atoms with van der Waals surface area (Å²) in [6, 6.07) is 2.99. The molecular formula is C20H26ClF3O3. The summed E-state index contributed by atoms with van der Waals surface area (Å²) < 4.78 is 55.9. The molecule has 1 aromatic rings. The lowest BCUT2D eigenvalue weighted by Gasteiger charge is -2.38. The first kappa shape index (κ1) is 20.7. The van der Waals surface area contributed by atoms with Crippen molar-refractivity contribution in [2.24, 2.45) is 11.8 Å². The number of rotatable bonds is 6. The molecule has 7 heteroatoms. The van der Waals surface area contributed by atoms with Gasteiger partial charge in [0.25, 0.3) is 0 Å².